The third kappa shape index (κ3) is 2.29. The number of hydrogen-bond donors (Lipinski definition) is 1. The van der Waals surface area contributed by atoms with Crippen molar-refractivity contribution in [2.24, 2.45) is 5.73 Å². The Morgan fingerprint density at radius 1 is 1.43 bits per heavy atom. The van der Waals surface area contributed by atoms with Crippen LogP contribution in [0.2, 0.25) is 0 Å². The molecule has 112 valence electrons. The molecule has 1 saturated heterocycles. The van der Waals surface area contributed by atoms with Gasteiger partial charge >= 0.3 is 0 Å². The lowest BCUT2D eigenvalue weighted by atomic mass is 10.1. The van der Waals surface area contributed by atoms with E-state index in [-0.39, 0.29) is 17.5 Å². The van der Waals surface area contributed by atoms with Crippen LogP contribution in [-0.4, -0.2) is 41.9 Å². The quantitative estimate of drug-likeness (QED) is 0.899. The third-order valence-electron chi connectivity index (χ3n) is 4.32. The van der Waals surface area contributed by atoms with Crippen LogP contribution in [0.25, 0.3) is 0 Å². The van der Waals surface area contributed by atoms with Gasteiger partial charge in [-0.1, -0.05) is 12.1 Å². The average Bonchev–Trinajstić information content (AvgIpc) is 3.11. The van der Waals surface area contributed by atoms with Crippen LogP contribution in [0.3, 0.4) is 0 Å². The summed E-state index contributed by atoms with van der Waals surface area (Å²) >= 11 is 0. The van der Waals surface area contributed by atoms with E-state index < -0.39 is 17.4 Å². The molecule has 1 aromatic carbocycles. The van der Waals surface area contributed by atoms with Gasteiger partial charge in [-0.25, -0.2) is 4.39 Å². The number of carbonyl (C=O) groups excluding carboxylic acids is 2. The van der Waals surface area contributed by atoms with Crippen LogP contribution in [0.4, 0.5) is 10.1 Å². The zero-order chi connectivity index (χ0) is 15.2. The van der Waals surface area contributed by atoms with Gasteiger partial charge in [0.1, 0.15) is 11.9 Å². The number of hydrogen-bond acceptors (Lipinski definition) is 3. The van der Waals surface area contributed by atoms with Gasteiger partial charge in [0.05, 0.1) is 11.2 Å². The van der Waals surface area contributed by atoms with E-state index in [2.05, 4.69) is 0 Å². The fourth-order valence-corrected chi connectivity index (χ4v) is 2.78. The van der Waals surface area contributed by atoms with Gasteiger partial charge in [0.15, 0.2) is 0 Å². The van der Waals surface area contributed by atoms with E-state index >= 15 is 0 Å². The maximum Gasteiger partial charge on any atom is 0.249 e. The van der Waals surface area contributed by atoms with E-state index in [0.717, 1.165) is 0 Å². The molecule has 2 aliphatic rings. The molecule has 5 nitrogen and oxygen atoms in total. The number of nitrogens with two attached hydrogens (primary N) is 1. The predicted molar refractivity (Wildman–Crippen MR) is 76.1 cm³/mol. The molecular weight excluding hydrogens is 273 g/mol. The summed E-state index contributed by atoms with van der Waals surface area (Å²) in [6, 6.07) is 5.61. The molecule has 1 atom stereocenters. The number of halogens is 1. The van der Waals surface area contributed by atoms with Crippen molar-refractivity contribution in [3.05, 3.63) is 30.1 Å². The van der Waals surface area contributed by atoms with E-state index in [4.69, 9.17) is 5.73 Å². The predicted octanol–water partition coefficient (Wildman–Crippen LogP) is 0.881. The molecule has 0 aromatic heterocycles. The van der Waals surface area contributed by atoms with E-state index in [1.165, 1.54) is 15.9 Å². The average molecular weight is 291 g/mol. The Kier molecular flexibility index (Phi) is 3.20. The number of nitrogens with zero attached hydrogens (tertiary/aromatic N) is 2. The largest absolute Gasteiger partial charge is 0.332 e. The van der Waals surface area contributed by atoms with E-state index in [9.17, 15) is 14.0 Å². The van der Waals surface area contributed by atoms with Crippen molar-refractivity contribution < 1.29 is 14.0 Å². The fourth-order valence-electron chi connectivity index (χ4n) is 2.78. The van der Waals surface area contributed by atoms with Gasteiger partial charge in [0.2, 0.25) is 11.8 Å². The second kappa shape index (κ2) is 4.80. The van der Waals surface area contributed by atoms with Crippen LogP contribution in [0.5, 0.6) is 0 Å². The number of carbonyl (C=O) groups is 2. The van der Waals surface area contributed by atoms with Crippen LogP contribution in [0, 0.1) is 5.82 Å². The van der Waals surface area contributed by atoms with Crippen LogP contribution in [0.15, 0.2) is 24.3 Å². The van der Waals surface area contributed by atoms with Crippen LogP contribution in [-0.2, 0) is 9.59 Å². The summed E-state index contributed by atoms with van der Waals surface area (Å²) in [4.78, 5) is 27.5. The zero-order valence-corrected chi connectivity index (χ0v) is 11.9. The summed E-state index contributed by atoms with van der Waals surface area (Å²) < 4.78 is 13.8. The van der Waals surface area contributed by atoms with Gasteiger partial charge in [-0.3, -0.25) is 9.59 Å². The van der Waals surface area contributed by atoms with Crippen molar-refractivity contribution in [1.82, 2.24) is 4.90 Å². The SMILES string of the molecule is CN(C(=O)C1(N)CC1)[C@@H]1CCN(c2ccccc2F)C1=O. The Morgan fingerprint density at radius 3 is 2.71 bits per heavy atom. The smallest absolute Gasteiger partial charge is 0.249 e. The van der Waals surface area contributed by atoms with E-state index in [0.29, 0.717) is 25.8 Å². The van der Waals surface area contributed by atoms with Crippen molar-refractivity contribution in [2.75, 3.05) is 18.5 Å². The Balaban J connectivity index is 1.78. The second-order valence-electron chi connectivity index (χ2n) is 5.82. The number of para-hydroxylation sites is 1. The van der Waals surface area contributed by atoms with Crippen molar-refractivity contribution in [2.45, 2.75) is 30.8 Å². The number of rotatable bonds is 3. The first kappa shape index (κ1) is 14.0. The molecule has 3 rings (SSSR count). The minimum Gasteiger partial charge on any atom is -0.332 e. The highest BCUT2D eigenvalue weighted by Crippen LogP contribution is 2.35. The third-order valence-corrected chi connectivity index (χ3v) is 4.32. The highest BCUT2D eigenvalue weighted by Gasteiger charge is 2.50. The van der Waals surface area contributed by atoms with Gasteiger partial charge in [-0.2, -0.15) is 0 Å². The van der Waals surface area contributed by atoms with Crippen LogP contribution >= 0.6 is 0 Å². The zero-order valence-electron chi connectivity index (χ0n) is 11.9. The minimum absolute atomic E-state index is 0.198. The highest BCUT2D eigenvalue weighted by molar-refractivity contribution is 6.02. The molecule has 0 radical (unpaired) electrons. The lowest BCUT2D eigenvalue weighted by molar-refractivity contribution is -0.138. The molecule has 1 aliphatic carbocycles. The van der Waals surface area contributed by atoms with Gasteiger partial charge in [-0.15, -0.1) is 0 Å². The molecule has 0 spiro atoms. The van der Waals surface area contributed by atoms with Crippen molar-refractivity contribution in [3.8, 4) is 0 Å². The Labute approximate surface area is 122 Å². The molecule has 1 aliphatic heterocycles. The Bertz CT molecular complexity index is 600. The van der Waals surface area contributed by atoms with Crippen LogP contribution < -0.4 is 10.6 Å². The van der Waals surface area contributed by atoms with E-state index in [1.54, 1.807) is 25.2 Å². The summed E-state index contributed by atoms with van der Waals surface area (Å²) in [5.74, 6) is -0.880. The maximum atomic E-state index is 13.8. The molecule has 1 aromatic rings. The number of amides is 2. The summed E-state index contributed by atoms with van der Waals surface area (Å²) in [6.07, 6.45) is 1.81. The normalized spacial score (nSPS) is 23.3. The topological polar surface area (TPSA) is 66.6 Å². The van der Waals surface area contributed by atoms with Crippen molar-refractivity contribution >= 4 is 17.5 Å². The van der Waals surface area contributed by atoms with Gasteiger partial charge < -0.3 is 15.5 Å². The molecule has 21 heavy (non-hydrogen) atoms. The summed E-state index contributed by atoms with van der Waals surface area (Å²) in [5.41, 5.74) is 5.37. The molecule has 0 unspecified atom stereocenters. The van der Waals surface area contributed by atoms with Gasteiger partial charge in [0.25, 0.3) is 0 Å². The lowest BCUT2D eigenvalue weighted by Crippen LogP contribution is -2.50. The van der Waals surface area contributed by atoms with Gasteiger partial charge in [-0.05, 0) is 31.4 Å². The van der Waals surface area contributed by atoms with E-state index in [1.807, 2.05) is 0 Å². The second-order valence-corrected chi connectivity index (χ2v) is 5.82. The Morgan fingerprint density at radius 2 is 2.10 bits per heavy atom. The van der Waals surface area contributed by atoms with Gasteiger partial charge in [0, 0.05) is 13.6 Å². The highest BCUT2D eigenvalue weighted by atomic mass is 19.1. The first-order chi connectivity index (χ1) is 9.94. The van der Waals surface area contributed by atoms with Crippen molar-refractivity contribution in [1.29, 1.82) is 0 Å². The monoisotopic (exact) mass is 291 g/mol. The molecule has 2 N–H and O–H groups in total. The number of likely N-dealkylation sites (N-methyl/N-ethyl adjacent to an activating group) is 1. The Hall–Kier alpha value is -1.95. The molecular formula is C15H18FN3O2. The van der Waals surface area contributed by atoms with Crippen molar-refractivity contribution in [3.63, 3.8) is 0 Å². The maximum absolute atomic E-state index is 13.8. The standard InChI is InChI=1S/C15H18FN3O2/c1-18(14(21)15(17)7-8-15)12-6-9-19(13(12)20)11-5-3-2-4-10(11)16/h2-5,12H,6-9,17H2,1H3/t12-/m1/s1. The molecule has 0 bridgehead atoms. The summed E-state index contributed by atoms with van der Waals surface area (Å²) in [6.45, 7) is 0.402. The summed E-state index contributed by atoms with van der Waals surface area (Å²) in [7, 11) is 1.60. The molecule has 6 heteroatoms. The molecule has 2 amide bonds. The lowest BCUT2D eigenvalue weighted by Gasteiger charge is -2.26. The first-order valence-corrected chi connectivity index (χ1v) is 7.06. The fraction of sp³-hybridized carbons (Fsp3) is 0.467. The number of benzene rings is 1. The minimum atomic E-state index is -0.791. The number of anilines is 1. The summed E-state index contributed by atoms with van der Waals surface area (Å²) in [5, 5.41) is 0. The molecule has 1 saturated carbocycles. The van der Waals surface area contributed by atoms with Crippen LogP contribution in [0.1, 0.15) is 19.3 Å². The first-order valence-electron chi connectivity index (χ1n) is 7.06. The molecule has 1 heterocycles. The molecule has 2 fully saturated rings.